The molecular formula is C24H34N2O2. The lowest BCUT2D eigenvalue weighted by atomic mass is 9.49. The molecule has 0 unspecified atom stereocenters. The molecule has 0 aromatic heterocycles. The van der Waals surface area contributed by atoms with Crippen molar-refractivity contribution in [3.05, 3.63) is 30.3 Å². The van der Waals surface area contributed by atoms with Crippen LogP contribution in [0, 0.1) is 23.2 Å². The van der Waals surface area contributed by atoms with Gasteiger partial charge in [0.2, 0.25) is 11.8 Å². The number of unbranched alkanes of at least 4 members (excludes halogenated alkanes) is 1. The molecule has 0 heterocycles. The monoisotopic (exact) mass is 382 g/mol. The predicted octanol–water partition coefficient (Wildman–Crippen LogP) is 4.54. The Bertz CT molecular complexity index is 665. The number of nitrogens with one attached hydrogen (secondary N) is 1. The lowest BCUT2D eigenvalue weighted by Crippen LogP contribution is -2.53. The molecule has 1 aromatic carbocycles. The third-order valence-electron chi connectivity index (χ3n) is 7.25. The van der Waals surface area contributed by atoms with Gasteiger partial charge in [-0.3, -0.25) is 9.59 Å². The zero-order valence-electron chi connectivity index (χ0n) is 17.2. The van der Waals surface area contributed by atoms with E-state index in [1.54, 1.807) is 0 Å². The van der Waals surface area contributed by atoms with Crippen LogP contribution in [0.25, 0.3) is 0 Å². The highest BCUT2D eigenvalue weighted by Gasteiger charge is 2.54. The van der Waals surface area contributed by atoms with E-state index in [0.717, 1.165) is 62.1 Å². The van der Waals surface area contributed by atoms with Gasteiger partial charge < -0.3 is 10.2 Å². The summed E-state index contributed by atoms with van der Waals surface area (Å²) in [6.45, 7) is 3.33. The summed E-state index contributed by atoms with van der Waals surface area (Å²) in [5.74, 6) is 2.62. The van der Waals surface area contributed by atoms with Crippen molar-refractivity contribution in [1.82, 2.24) is 5.32 Å². The van der Waals surface area contributed by atoms with Crippen molar-refractivity contribution in [3.8, 4) is 0 Å². The SMILES string of the molecule is CCCCN(C(=O)CCNC(=O)C12CC3CC(CC(C3)C1)C2)c1ccccc1. The minimum absolute atomic E-state index is 0.102. The first-order valence-corrected chi connectivity index (χ1v) is 11.2. The van der Waals surface area contributed by atoms with E-state index < -0.39 is 0 Å². The van der Waals surface area contributed by atoms with Gasteiger partial charge in [-0.25, -0.2) is 0 Å². The average molecular weight is 383 g/mol. The van der Waals surface area contributed by atoms with E-state index in [0.29, 0.717) is 13.0 Å². The number of hydrogen-bond acceptors (Lipinski definition) is 2. The van der Waals surface area contributed by atoms with Crippen molar-refractivity contribution in [2.24, 2.45) is 23.2 Å². The molecule has 152 valence electrons. The van der Waals surface area contributed by atoms with Crippen molar-refractivity contribution in [3.63, 3.8) is 0 Å². The summed E-state index contributed by atoms with van der Waals surface area (Å²) in [4.78, 5) is 27.8. The number of carbonyl (C=O) groups excluding carboxylic acids is 2. The second-order valence-electron chi connectivity index (χ2n) is 9.44. The van der Waals surface area contributed by atoms with E-state index in [1.807, 2.05) is 35.2 Å². The molecule has 4 heteroatoms. The van der Waals surface area contributed by atoms with Gasteiger partial charge in [0.1, 0.15) is 0 Å². The molecule has 0 radical (unpaired) electrons. The number of nitrogens with zero attached hydrogens (tertiary/aromatic N) is 1. The van der Waals surface area contributed by atoms with Crippen molar-refractivity contribution in [1.29, 1.82) is 0 Å². The largest absolute Gasteiger partial charge is 0.355 e. The first-order valence-electron chi connectivity index (χ1n) is 11.2. The lowest BCUT2D eigenvalue weighted by Gasteiger charge is -2.55. The maximum atomic E-state index is 13.1. The van der Waals surface area contributed by atoms with Crippen molar-refractivity contribution < 1.29 is 9.59 Å². The molecule has 4 aliphatic carbocycles. The summed E-state index contributed by atoms with van der Waals surface area (Å²) >= 11 is 0. The highest BCUT2D eigenvalue weighted by molar-refractivity contribution is 5.93. The van der Waals surface area contributed by atoms with Crippen LogP contribution >= 0.6 is 0 Å². The molecule has 5 rings (SSSR count). The maximum absolute atomic E-state index is 13.1. The topological polar surface area (TPSA) is 49.4 Å². The fourth-order valence-corrected chi connectivity index (χ4v) is 6.32. The van der Waals surface area contributed by atoms with Crippen molar-refractivity contribution in [2.75, 3.05) is 18.0 Å². The summed E-state index contributed by atoms with van der Waals surface area (Å²) in [6, 6.07) is 9.88. The summed E-state index contributed by atoms with van der Waals surface area (Å²) < 4.78 is 0. The molecule has 4 aliphatic rings. The Labute approximate surface area is 169 Å². The van der Waals surface area contributed by atoms with Crippen LogP contribution in [-0.4, -0.2) is 24.9 Å². The Morgan fingerprint density at radius 1 is 1.04 bits per heavy atom. The maximum Gasteiger partial charge on any atom is 0.228 e. The van der Waals surface area contributed by atoms with Gasteiger partial charge in [0.25, 0.3) is 0 Å². The summed E-state index contributed by atoms with van der Waals surface area (Å²) in [7, 11) is 0. The molecule has 4 nitrogen and oxygen atoms in total. The quantitative estimate of drug-likeness (QED) is 0.717. The molecule has 4 fully saturated rings. The van der Waals surface area contributed by atoms with E-state index >= 15 is 0 Å². The Hall–Kier alpha value is -1.84. The second-order valence-corrected chi connectivity index (χ2v) is 9.44. The number of rotatable bonds is 8. The van der Waals surface area contributed by atoms with Gasteiger partial charge in [-0.15, -0.1) is 0 Å². The smallest absolute Gasteiger partial charge is 0.228 e. The summed E-state index contributed by atoms with van der Waals surface area (Å²) in [6.07, 6.45) is 9.66. The zero-order chi connectivity index (χ0) is 19.6. The van der Waals surface area contributed by atoms with E-state index in [4.69, 9.17) is 0 Å². The number of para-hydroxylation sites is 1. The number of hydrogen-bond donors (Lipinski definition) is 1. The molecule has 0 saturated heterocycles. The lowest BCUT2D eigenvalue weighted by molar-refractivity contribution is -0.146. The van der Waals surface area contributed by atoms with Crippen LogP contribution < -0.4 is 10.2 Å². The first kappa shape index (κ1) is 19.5. The van der Waals surface area contributed by atoms with Gasteiger partial charge in [-0.05, 0) is 74.8 Å². The van der Waals surface area contributed by atoms with Crippen molar-refractivity contribution >= 4 is 17.5 Å². The third-order valence-corrected chi connectivity index (χ3v) is 7.25. The predicted molar refractivity (Wildman–Crippen MR) is 112 cm³/mol. The van der Waals surface area contributed by atoms with E-state index in [2.05, 4.69) is 12.2 Å². The fourth-order valence-electron chi connectivity index (χ4n) is 6.32. The fraction of sp³-hybridized carbons (Fsp3) is 0.667. The standard InChI is InChI=1S/C24H34N2O2/c1-2-3-11-26(21-7-5-4-6-8-21)22(27)9-10-25-23(28)24-15-18-12-19(16-24)14-20(13-18)17-24/h4-8,18-20H,2-3,9-17H2,1H3,(H,25,28). The van der Waals surface area contributed by atoms with E-state index in [1.165, 1.54) is 19.3 Å². The number of benzene rings is 1. The van der Waals surface area contributed by atoms with Crippen LogP contribution in [0.2, 0.25) is 0 Å². The van der Waals surface area contributed by atoms with Gasteiger partial charge in [0.15, 0.2) is 0 Å². The number of carbonyl (C=O) groups is 2. The second kappa shape index (κ2) is 8.26. The van der Waals surface area contributed by atoms with Gasteiger partial charge in [-0.2, -0.15) is 0 Å². The third kappa shape index (κ3) is 3.97. The average Bonchev–Trinajstić information content (AvgIpc) is 2.68. The normalized spacial score (nSPS) is 30.2. The number of anilines is 1. The highest BCUT2D eigenvalue weighted by Crippen LogP contribution is 2.60. The minimum atomic E-state index is -0.126. The summed E-state index contributed by atoms with van der Waals surface area (Å²) in [5.41, 5.74) is 0.826. The minimum Gasteiger partial charge on any atom is -0.355 e. The van der Waals surface area contributed by atoms with Crippen LogP contribution in [-0.2, 0) is 9.59 Å². The van der Waals surface area contributed by atoms with E-state index in [9.17, 15) is 9.59 Å². The van der Waals surface area contributed by atoms with Crippen LogP contribution in [0.5, 0.6) is 0 Å². The Morgan fingerprint density at radius 3 is 2.21 bits per heavy atom. The van der Waals surface area contributed by atoms with Crippen LogP contribution in [0.3, 0.4) is 0 Å². The molecule has 0 spiro atoms. The summed E-state index contributed by atoms with van der Waals surface area (Å²) in [5, 5.41) is 3.15. The van der Waals surface area contributed by atoms with Gasteiger partial charge in [0, 0.05) is 30.6 Å². The molecule has 4 bridgehead atoms. The molecule has 0 atom stereocenters. The van der Waals surface area contributed by atoms with Gasteiger partial charge in [-0.1, -0.05) is 31.5 Å². The van der Waals surface area contributed by atoms with Gasteiger partial charge in [0.05, 0.1) is 0 Å². The molecule has 1 aromatic rings. The molecular weight excluding hydrogens is 348 g/mol. The Kier molecular flexibility index (Phi) is 5.75. The highest BCUT2D eigenvalue weighted by atomic mass is 16.2. The van der Waals surface area contributed by atoms with E-state index in [-0.39, 0.29) is 17.2 Å². The molecule has 1 N–H and O–H groups in total. The molecule has 0 aliphatic heterocycles. The van der Waals surface area contributed by atoms with Crippen molar-refractivity contribution in [2.45, 2.75) is 64.7 Å². The molecule has 4 saturated carbocycles. The molecule has 28 heavy (non-hydrogen) atoms. The van der Waals surface area contributed by atoms with Crippen LogP contribution in [0.15, 0.2) is 30.3 Å². The number of amides is 2. The first-order chi connectivity index (χ1) is 13.6. The van der Waals surface area contributed by atoms with Crippen LogP contribution in [0.4, 0.5) is 5.69 Å². The van der Waals surface area contributed by atoms with Gasteiger partial charge >= 0.3 is 0 Å². The Balaban J connectivity index is 1.32. The Morgan fingerprint density at radius 2 is 1.64 bits per heavy atom. The molecule has 2 amide bonds. The zero-order valence-corrected chi connectivity index (χ0v) is 17.2. The van der Waals surface area contributed by atoms with Crippen LogP contribution in [0.1, 0.15) is 64.7 Å².